The number of hydrogen-bond acceptors (Lipinski definition) is 5. The number of benzene rings is 1. The summed E-state index contributed by atoms with van der Waals surface area (Å²) in [6.45, 7) is 0. The maximum Gasteiger partial charge on any atom is 0.337 e. The lowest BCUT2D eigenvalue weighted by Crippen LogP contribution is -2.00. The largest absolute Gasteiger partial charge is 0.465 e. The van der Waals surface area contributed by atoms with Crippen LogP contribution in [-0.2, 0) is 4.74 Å². The van der Waals surface area contributed by atoms with E-state index in [-0.39, 0.29) is 5.97 Å². The van der Waals surface area contributed by atoms with Crippen LogP contribution in [0.1, 0.15) is 10.4 Å². The number of nitrogens with zero attached hydrogens (tertiary/aromatic N) is 2. The van der Waals surface area contributed by atoms with E-state index in [0.29, 0.717) is 5.56 Å². The lowest BCUT2D eigenvalue weighted by Gasteiger charge is -2.00. The SMILES string of the molecule is COC(=O)c1ccc(-c2nc(-c3ccccn3)cs2)cc1. The molecule has 0 fully saturated rings. The molecule has 0 bridgehead atoms. The van der Waals surface area contributed by atoms with E-state index >= 15 is 0 Å². The van der Waals surface area contributed by atoms with Gasteiger partial charge in [-0.05, 0) is 24.3 Å². The molecule has 0 aliphatic carbocycles. The fourth-order valence-corrected chi connectivity index (χ4v) is 2.72. The Kier molecular flexibility index (Phi) is 3.75. The molecule has 3 aromatic rings. The molecule has 104 valence electrons. The molecule has 0 aliphatic heterocycles. The Bertz CT molecular complexity index is 751. The third kappa shape index (κ3) is 2.83. The van der Waals surface area contributed by atoms with Crippen molar-refractivity contribution in [3.63, 3.8) is 0 Å². The van der Waals surface area contributed by atoms with Crippen molar-refractivity contribution in [3.05, 3.63) is 59.6 Å². The van der Waals surface area contributed by atoms with Gasteiger partial charge < -0.3 is 4.74 Å². The van der Waals surface area contributed by atoms with Crippen molar-refractivity contribution in [2.75, 3.05) is 7.11 Å². The zero-order valence-electron chi connectivity index (χ0n) is 11.3. The quantitative estimate of drug-likeness (QED) is 0.692. The second kappa shape index (κ2) is 5.85. The third-order valence-corrected chi connectivity index (χ3v) is 3.88. The lowest BCUT2D eigenvalue weighted by atomic mass is 10.1. The molecule has 0 aliphatic rings. The third-order valence-electron chi connectivity index (χ3n) is 2.98. The summed E-state index contributed by atoms with van der Waals surface area (Å²) in [6, 6.07) is 13.0. The van der Waals surface area contributed by atoms with Crippen molar-refractivity contribution in [2.24, 2.45) is 0 Å². The Labute approximate surface area is 126 Å². The van der Waals surface area contributed by atoms with E-state index in [0.717, 1.165) is 22.0 Å². The molecule has 0 radical (unpaired) electrons. The average molecular weight is 296 g/mol. The summed E-state index contributed by atoms with van der Waals surface area (Å²) in [7, 11) is 1.37. The van der Waals surface area contributed by atoms with E-state index in [1.165, 1.54) is 7.11 Å². The number of hydrogen-bond donors (Lipinski definition) is 0. The van der Waals surface area contributed by atoms with E-state index < -0.39 is 0 Å². The van der Waals surface area contributed by atoms with Crippen LogP contribution in [0.4, 0.5) is 0 Å². The van der Waals surface area contributed by atoms with Crippen LogP contribution in [0.5, 0.6) is 0 Å². The Morgan fingerprint density at radius 2 is 1.90 bits per heavy atom. The first-order valence-electron chi connectivity index (χ1n) is 6.33. The Balaban J connectivity index is 1.88. The zero-order chi connectivity index (χ0) is 14.7. The van der Waals surface area contributed by atoms with Gasteiger partial charge in [0.15, 0.2) is 0 Å². The lowest BCUT2D eigenvalue weighted by molar-refractivity contribution is 0.0601. The van der Waals surface area contributed by atoms with E-state index in [1.54, 1.807) is 29.7 Å². The van der Waals surface area contributed by atoms with Crippen LogP contribution >= 0.6 is 11.3 Å². The van der Waals surface area contributed by atoms with Crippen molar-refractivity contribution < 1.29 is 9.53 Å². The van der Waals surface area contributed by atoms with E-state index in [2.05, 4.69) is 14.7 Å². The minimum Gasteiger partial charge on any atom is -0.465 e. The van der Waals surface area contributed by atoms with Gasteiger partial charge in [-0.25, -0.2) is 9.78 Å². The molecular weight excluding hydrogens is 284 g/mol. The van der Waals surface area contributed by atoms with Gasteiger partial charge in [0.05, 0.1) is 18.4 Å². The first kappa shape index (κ1) is 13.5. The molecule has 0 saturated carbocycles. The van der Waals surface area contributed by atoms with Crippen molar-refractivity contribution >= 4 is 17.3 Å². The van der Waals surface area contributed by atoms with Gasteiger partial charge in [0.2, 0.25) is 0 Å². The summed E-state index contributed by atoms with van der Waals surface area (Å²) in [5.41, 5.74) is 3.21. The second-order valence-corrected chi connectivity index (χ2v) is 5.18. The zero-order valence-corrected chi connectivity index (χ0v) is 12.1. The molecule has 1 aromatic carbocycles. The highest BCUT2D eigenvalue weighted by Gasteiger charge is 2.09. The molecule has 0 saturated heterocycles. The highest BCUT2D eigenvalue weighted by molar-refractivity contribution is 7.13. The topological polar surface area (TPSA) is 52.1 Å². The second-order valence-electron chi connectivity index (χ2n) is 4.32. The van der Waals surface area contributed by atoms with Crippen LogP contribution in [0.15, 0.2) is 54.0 Å². The van der Waals surface area contributed by atoms with Gasteiger partial charge in [-0.2, -0.15) is 0 Å². The Morgan fingerprint density at radius 3 is 2.57 bits per heavy atom. The van der Waals surface area contributed by atoms with Crippen molar-refractivity contribution in [3.8, 4) is 22.0 Å². The smallest absolute Gasteiger partial charge is 0.337 e. The first-order chi connectivity index (χ1) is 10.3. The molecule has 0 amide bonds. The first-order valence-corrected chi connectivity index (χ1v) is 7.21. The molecule has 0 atom stereocenters. The standard InChI is InChI=1S/C16H12N2O2S/c1-20-16(19)12-7-5-11(6-8-12)15-18-14(10-21-15)13-4-2-3-9-17-13/h2-10H,1H3. The van der Waals surface area contributed by atoms with E-state index in [1.807, 2.05) is 35.7 Å². The highest BCUT2D eigenvalue weighted by Crippen LogP contribution is 2.28. The van der Waals surface area contributed by atoms with Crippen LogP contribution in [0.25, 0.3) is 22.0 Å². The molecule has 0 N–H and O–H groups in total. The molecule has 21 heavy (non-hydrogen) atoms. The number of esters is 1. The molecule has 4 nitrogen and oxygen atoms in total. The number of thiazole rings is 1. The summed E-state index contributed by atoms with van der Waals surface area (Å²) in [4.78, 5) is 20.3. The van der Waals surface area contributed by atoms with Crippen molar-refractivity contribution in [2.45, 2.75) is 0 Å². The van der Waals surface area contributed by atoms with Gasteiger partial charge >= 0.3 is 5.97 Å². The monoisotopic (exact) mass is 296 g/mol. The number of carbonyl (C=O) groups excluding carboxylic acids is 1. The van der Waals surface area contributed by atoms with Crippen LogP contribution in [0, 0.1) is 0 Å². The van der Waals surface area contributed by atoms with Gasteiger partial charge in [0.25, 0.3) is 0 Å². The van der Waals surface area contributed by atoms with Crippen LogP contribution in [0.3, 0.4) is 0 Å². The predicted octanol–water partition coefficient (Wildman–Crippen LogP) is 3.66. The predicted molar refractivity (Wildman–Crippen MR) is 82.1 cm³/mol. The van der Waals surface area contributed by atoms with Crippen LogP contribution in [0.2, 0.25) is 0 Å². The summed E-state index contributed by atoms with van der Waals surface area (Å²) >= 11 is 1.55. The average Bonchev–Trinajstić information content (AvgIpc) is 3.05. The van der Waals surface area contributed by atoms with Gasteiger partial charge in [0.1, 0.15) is 10.7 Å². The molecule has 0 spiro atoms. The van der Waals surface area contributed by atoms with Crippen molar-refractivity contribution in [1.82, 2.24) is 9.97 Å². The summed E-state index contributed by atoms with van der Waals surface area (Å²) < 4.78 is 4.68. The molecule has 2 aromatic heterocycles. The molecule has 2 heterocycles. The molecular formula is C16H12N2O2S. The summed E-state index contributed by atoms with van der Waals surface area (Å²) in [5.74, 6) is -0.338. The van der Waals surface area contributed by atoms with Gasteiger partial charge in [-0.1, -0.05) is 18.2 Å². The summed E-state index contributed by atoms with van der Waals surface area (Å²) in [6.07, 6.45) is 1.75. The van der Waals surface area contributed by atoms with Gasteiger partial charge in [-0.15, -0.1) is 11.3 Å². The van der Waals surface area contributed by atoms with Gasteiger partial charge in [-0.3, -0.25) is 4.98 Å². The molecule has 3 rings (SSSR count). The Morgan fingerprint density at radius 1 is 1.10 bits per heavy atom. The van der Waals surface area contributed by atoms with Crippen LogP contribution < -0.4 is 0 Å². The number of aromatic nitrogens is 2. The number of ether oxygens (including phenoxy) is 1. The normalized spacial score (nSPS) is 10.3. The minimum absolute atomic E-state index is 0.338. The summed E-state index contributed by atoms with van der Waals surface area (Å²) in [5, 5.41) is 2.87. The molecule has 0 unspecified atom stereocenters. The van der Waals surface area contributed by atoms with E-state index in [4.69, 9.17) is 0 Å². The maximum absolute atomic E-state index is 11.4. The maximum atomic E-state index is 11.4. The fraction of sp³-hybridized carbons (Fsp3) is 0.0625. The van der Waals surface area contributed by atoms with Crippen molar-refractivity contribution in [1.29, 1.82) is 0 Å². The van der Waals surface area contributed by atoms with Crippen LogP contribution in [-0.4, -0.2) is 23.0 Å². The highest BCUT2D eigenvalue weighted by atomic mass is 32.1. The van der Waals surface area contributed by atoms with E-state index in [9.17, 15) is 4.79 Å². The number of pyridine rings is 1. The minimum atomic E-state index is -0.338. The Hall–Kier alpha value is -2.53. The number of methoxy groups -OCH3 is 1. The molecule has 5 heteroatoms. The fourth-order valence-electron chi connectivity index (χ4n) is 1.90. The number of carbonyl (C=O) groups is 1. The number of rotatable bonds is 3. The van der Waals surface area contributed by atoms with Gasteiger partial charge in [0, 0.05) is 17.1 Å².